The van der Waals surface area contributed by atoms with Crippen LogP contribution < -0.4 is 11.2 Å². The number of amides is 2. The van der Waals surface area contributed by atoms with Gasteiger partial charge in [0.25, 0.3) is 11.5 Å². The number of nitrogens with zero attached hydrogens (tertiary/aromatic N) is 3. The van der Waals surface area contributed by atoms with E-state index in [4.69, 9.17) is 0 Å². The van der Waals surface area contributed by atoms with E-state index in [-0.39, 0.29) is 23.6 Å². The van der Waals surface area contributed by atoms with Crippen LogP contribution >= 0.6 is 0 Å². The summed E-state index contributed by atoms with van der Waals surface area (Å²) in [6.07, 6.45) is 3.07. The molecule has 1 saturated heterocycles. The van der Waals surface area contributed by atoms with E-state index in [1.807, 2.05) is 0 Å². The molecule has 1 aromatic heterocycles. The van der Waals surface area contributed by atoms with Gasteiger partial charge in [-0.1, -0.05) is 6.07 Å². The van der Waals surface area contributed by atoms with Gasteiger partial charge < -0.3 is 9.80 Å². The van der Waals surface area contributed by atoms with Gasteiger partial charge in [-0.2, -0.15) is 0 Å². The van der Waals surface area contributed by atoms with Crippen molar-refractivity contribution in [3.8, 4) is 0 Å². The molecule has 4 rings (SSSR count). The molecule has 31 heavy (non-hydrogen) atoms. The summed E-state index contributed by atoms with van der Waals surface area (Å²) in [5, 5.41) is 0. The Kier molecular flexibility index (Phi) is 5.75. The Balaban J connectivity index is 1.60. The van der Waals surface area contributed by atoms with Gasteiger partial charge in [0.05, 0.1) is 12.1 Å². The van der Waals surface area contributed by atoms with Crippen molar-refractivity contribution < 1.29 is 14.0 Å². The maximum atomic E-state index is 14.5. The Morgan fingerprint density at radius 3 is 2.42 bits per heavy atom. The smallest absolute Gasteiger partial charge is 0.328 e. The van der Waals surface area contributed by atoms with E-state index < -0.39 is 17.4 Å². The molecule has 2 heterocycles. The van der Waals surface area contributed by atoms with Crippen LogP contribution in [0.25, 0.3) is 0 Å². The summed E-state index contributed by atoms with van der Waals surface area (Å²) >= 11 is 0. The molecule has 9 heteroatoms. The average molecular weight is 428 g/mol. The Bertz CT molecular complexity index is 1150. The SMILES string of the molecule is CC(=O)N1CCN(C(=O)c2cc(Cn3c4c(c(=O)[nH]c3=O)CCCC4)ccc2F)CC1. The summed E-state index contributed by atoms with van der Waals surface area (Å²) in [5.74, 6) is -1.10. The number of rotatable bonds is 3. The number of benzene rings is 1. The van der Waals surface area contributed by atoms with Crippen LogP contribution in [0, 0.1) is 5.82 Å². The highest BCUT2D eigenvalue weighted by atomic mass is 19.1. The maximum Gasteiger partial charge on any atom is 0.328 e. The summed E-state index contributed by atoms with van der Waals surface area (Å²) in [5.41, 5.74) is 1.07. The van der Waals surface area contributed by atoms with Crippen molar-refractivity contribution in [1.29, 1.82) is 0 Å². The lowest BCUT2D eigenvalue weighted by molar-refractivity contribution is -0.130. The summed E-state index contributed by atoms with van der Waals surface area (Å²) in [4.78, 5) is 54.5. The molecule has 1 aliphatic heterocycles. The lowest BCUT2D eigenvalue weighted by atomic mass is 9.96. The molecular formula is C22H25FN4O4. The predicted octanol–water partition coefficient (Wildman–Crippen LogP) is 0.907. The van der Waals surface area contributed by atoms with Gasteiger partial charge in [-0.15, -0.1) is 0 Å². The van der Waals surface area contributed by atoms with Crippen molar-refractivity contribution in [3.05, 3.63) is 67.2 Å². The number of aromatic nitrogens is 2. The molecule has 2 amide bonds. The number of piperazine rings is 1. The lowest BCUT2D eigenvalue weighted by Crippen LogP contribution is -2.50. The van der Waals surface area contributed by atoms with E-state index in [0.29, 0.717) is 50.1 Å². The topological polar surface area (TPSA) is 95.5 Å². The first-order chi connectivity index (χ1) is 14.8. The van der Waals surface area contributed by atoms with Crippen LogP contribution in [0.5, 0.6) is 0 Å². The van der Waals surface area contributed by atoms with Gasteiger partial charge in [-0.25, -0.2) is 9.18 Å². The third-order valence-corrected chi connectivity index (χ3v) is 6.12. The summed E-state index contributed by atoms with van der Waals surface area (Å²) in [6, 6.07) is 4.26. The second-order valence-corrected chi connectivity index (χ2v) is 8.09. The first-order valence-corrected chi connectivity index (χ1v) is 10.5. The van der Waals surface area contributed by atoms with Crippen molar-refractivity contribution in [2.75, 3.05) is 26.2 Å². The van der Waals surface area contributed by atoms with E-state index in [1.54, 1.807) is 11.0 Å². The molecule has 2 aliphatic rings. The highest BCUT2D eigenvalue weighted by Crippen LogP contribution is 2.19. The van der Waals surface area contributed by atoms with E-state index in [1.165, 1.54) is 28.5 Å². The highest BCUT2D eigenvalue weighted by Gasteiger charge is 2.25. The fourth-order valence-corrected chi connectivity index (χ4v) is 4.37. The monoisotopic (exact) mass is 428 g/mol. The molecular weight excluding hydrogens is 403 g/mol. The van der Waals surface area contributed by atoms with Crippen LogP contribution in [0.1, 0.15) is 46.9 Å². The number of carbonyl (C=O) groups excluding carboxylic acids is 2. The average Bonchev–Trinajstić information content (AvgIpc) is 2.77. The van der Waals surface area contributed by atoms with Crippen LogP contribution in [-0.2, 0) is 24.2 Å². The molecule has 164 valence electrons. The minimum Gasteiger partial charge on any atom is -0.339 e. The number of halogens is 1. The molecule has 0 unspecified atom stereocenters. The summed E-state index contributed by atoms with van der Waals surface area (Å²) in [6.45, 7) is 3.15. The van der Waals surface area contributed by atoms with Gasteiger partial charge >= 0.3 is 5.69 Å². The van der Waals surface area contributed by atoms with E-state index in [0.717, 1.165) is 18.5 Å². The van der Waals surface area contributed by atoms with Crippen LogP contribution in [-0.4, -0.2) is 57.3 Å². The number of nitrogens with one attached hydrogen (secondary N) is 1. The molecule has 1 N–H and O–H groups in total. The van der Waals surface area contributed by atoms with Crippen LogP contribution in [0.2, 0.25) is 0 Å². The summed E-state index contributed by atoms with van der Waals surface area (Å²) in [7, 11) is 0. The second-order valence-electron chi connectivity index (χ2n) is 8.09. The molecule has 8 nitrogen and oxygen atoms in total. The lowest BCUT2D eigenvalue weighted by Gasteiger charge is -2.34. The molecule has 1 aliphatic carbocycles. The maximum absolute atomic E-state index is 14.5. The zero-order chi connectivity index (χ0) is 22.1. The first-order valence-electron chi connectivity index (χ1n) is 10.5. The largest absolute Gasteiger partial charge is 0.339 e. The Morgan fingerprint density at radius 2 is 1.71 bits per heavy atom. The first kappa shape index (κ1) is 21.0. The van der Waals surface area contributed by atoms with Crippen LogP contribution in [0.3, 0.4) is 0 Å². The van der Waals surface area contributed by atoms with Crippen molar-refractivity contribution in [2.45, 2.75) is 39.2 Å². The number of fused-ring (bicyclic) bond motifs is 1. The van der Waals surface area contributed by atoms with Gasteiger partial charge in [-0.3, -0.25) is 23.9 Å². The van der Waals surface area contributed by atoms with Crippen molar-refractivity contribution >= 4 is 11.8 Å². The Morgan fingerprint density at radius 1 is 1.03 bits per heavy atom. The van der Waals surface area contributed by atoms with E-state index in [2.05, 4.69) is 4.98 Å². The Labute approximate surface area is 178 Å². The van der Waals surface area contributed by atoms with Gasteiger partial charge in [-0.05, 0) is 43.4 Å². The number of hydrogen-bond acceptors (Lipinski definition) is 4. The van der Waals surface area contributed by atoms with Crippen molar-refractivity contribution in [2.24, 2.45) is 0 Å². The normalized spacial score (nSPS) is 16.2. The zero-order valence-electron chi connectivity index (χ0n) is 17.4. The van der Waals surface area contributed by atoms with Gasteiger partial charge in [0.15, 0.2) is 0 Å². The minimum absolute atomic E-state index is 0.0463. The molecule has 0 atom stereocenters. The molecule has 0 radical (unpaired) electrons. The quantitative estimate of drug-likeness (QED) is 0.786. The van der Waals surface area contributed by atoms with Crippen molar-refractivity contribution in [3.63, 3.8) is 0 Å². The minimum atomic E-state index is -0.626. The fourth-order valence-electron chi connectivity index (χ4n) is 4.37. The van der Waals surface area contributed by atoms with Gasteiger partial charge in [0, 0.05) is 44.4 Å². The molecule has 0 saturated carbocycles. The fraction of sp³-hybridized carbons (Fsp3) is 0.455. The van der Waals surface area contributed by atoms with Crippen molar-refractivity contribution in [1.82, 2.24) is 19.4 Å². The van der Waals surface area contributed by atoms with Gasteiger partial charge in [0.1, 0.15) is 5.82 Å². The number of aromatic amines is 1. The Hall–Kier alpha value is -3.23. The molecule has 0 bridgehead atoms. The standard InChI is InChI=1S/C22H25FN4O4/c1-14(28)25-8-10-26(11-9-25)21(30)17-12-15(6-7-18(17)23)13-27-19-5-3-2-4-16(19)20(29)24-22(27)31/h6-7,12H,2-5,8-11,13H2,1H3,(H,24,29,31). The third-order valence-electron chi connectivity index (χ3n) is 6.12. The van der Waals surface area contributed by atoms with E-state index in [9.17, 15) is 23.6 Å². The number of carbonyl (C=O) groups is 2. The van der Waals surface area contributed by atoms with E-state index >= 15 is 0 Å². The zero-order valence-corrected chi connectivity index (χ0v) is 17.4. The molecule has 2 aromatic rings. The summed E-state index contributed by atoms with van der Waals surface area (Å²) < 4.78 is 16.0. The third kappa shape index (κ3) is 4.17. The van der Waals surface area contributed by atoms with Crippen LogP contribution in [0.4, 0.5) is 4.39 Å². The molecule has 0 spiro atoms. The second kappa shape index (κ2) is 8.49. The molecule has 1 fully saturated rings. The predicted molar refractivity (Wildman–Crippen MR) is 112 cm³/mol. The highest BCUT2D eigenvalue weighted by molar-refractivity contribution is 5.95. The van der Waals surface area contributed by atoms with Crippen LogP contribution in [0.15, 0.2) is 27.8 Å². The number of hydrogen-bond donors (Lipinski definition) is 1. The molecule has 1 aromatic carbocycles. The van der Waals surface area contributed by atoms with Gasteiger partial charge in [0.2, 0.25) is 5.91 Å². The number of H-pyrrole nitrogens is 1.